The lowest BCUT2D eigenvalue weighted by molar-refractivity contribution is -0.131. The number of piperidine rings is 1. The van der Waals surface area contributed by atoms with Gasteiger partial charge in [-0.2, -0.15) is 0 Å². The summed E-state index contributed by atoms with van der Waals surface area (Å²) in [5.74, 6) is 1.28. The summed E-state index contributed by atoms with van der Waals surface area (Å²) < 4.78 is 5.46. The quantitative estimate of drug-likeness (QED) is 0.306. The molecule has 0 saturated carbocycles. The van der Waals surface area contributed by atoms with Crippen LogP contribution in [0.4, 0.5) is 4.79 Å². The highest BCUT2D eigenvalue weighted by Gasteiger charge is 2.27. The lowest BCUT2D eigenvalue weighted by Crippen LogP contribution is -2.46. The molecule has 1 N–H and O–H groups in total. The van der Waals surface area contributed by atoms with Gasteiger partial charge in [0.15, 0.2) is 5.96 Å². The fourth-order valence-corrected chi connectivity index (χ4v) is 3.26. The van der Waals surface area contributed by atoms with Gasteiger partial charge >= 0.3 is 6.09 Å². The third kappa shape index (κ3) is 10.2. The van der Waals surface area contributed by atoms with Crippen LogP contribution >= 0.6 is 24.0 Å². The van der Waals surface area contributed by atoms with E-state index in [0.717, 1.165) is 25.3 Å². The molecule has 0 spiro atoms. The predicted octanol–water partition coefficient (Wildman–Crippen LogP) is 3.02. The Hall–Kier alpha value is -1.26. The smallest absolute Gasteiger partial charge is 0.410 e. The van der Waals surface area contributed by atoms with Crippen LogP contribution in [-0.4, -0.2) is 91.1 Å². The second-order valence-electron chi connectivity index (χ2n) is 8.53. The van der Waals surface area contributed by atoms with Crippen molar-refractivity contribution in [1.82, 2.24) is 20.0 Å². The van der Waals surface area contributed by atoms with Crippen molar-refractivity contribution >= 4 is 41.9 Å². The lowest BCUT2D eigenvalue weighted by atomic mass is 9.97. The van der Waals surface area contributed by atoms with E-state index in [1.807, 2.05) is 58.4 Å². The van der Waals surface area contributed by atoms with Gasteiger partial charge in [-0.05, 0) is 60.3 Å². The molecule has 0 bridgehead atoms. The number of carbonyl (C=O) groups excluding carboxylic acids is 2. The molecular formula is C21H42IN5O3. The van der Waals surface area contributed by atoms with Crippen LogP contribution in [0.5, 0.6) is 0 Å². The molecule has 1 heterocycles. The Kier molecular flexibility index (Phi) is 13.3. The van der Waals surface area contributed by atoms with E-state index >= 15 is 0 Å². The molecule has 1 fully saturated rings. The number of guanidine groups is 1. The van der Waals surface area contributed by atoms with Crippen molar-refractivity contribution in [3.05, 3.63) is 0 Å². The first-order valence-electron chi connectivity index (χ1n) is 10.9. The van der Waals surface area contributed by atoms with Gasteiger partial charge in [0.05, 0.1) is 6.54 Å². The molecule has 30 heavy (non-hydrogen) atoms. The number of hydrogen-bond donors (Lipinski definition) is 1. The average molecular weight is 540 g/mol. The number of aliphatic imine (C=N–C) groups is 1. The second kappa shape index (κ2) is 13.9. The molecule has 0 radical (unpaired) electrons. The number of rotatable bonds is 7. The minimum Gasteiger partial charge on any atom is -0.444 e. The molecule has 9 heteroatoms. The number of likely N-dealkylation sites (N-methyl/N-ethyl adjacent to an activating group) is 2. The van der Waals surface area contributed by atoms with Gasteiger partial charge in [-0.25, -0.2) is 4.79 Å². The number of ether oxygens (including phenoxy) is 1. The van der Waals surface area contributed by atoms with Crippen LogP contribution in [0.2, 0.25) is 0 Å². The van der Waals surface area contributed by atoms with Crippen LogP contribution in [0.15, 0.2) is 4.99 Å². The van der Waals surface area contributed by atoms with Gasteiger partial charge in [0.2, 0.25) is 5.91 Å². The van der Waals surface area contributed by atoms with E-state index in [0.29, 0.717) is 45.2 Å². The minimum atomic E-state index is -0.466. The normalized spacial score (nSPS) is 15.3. The van der Waals surface area contributed by atoms with E-state index < -0.39 is 5.60 Å². The number of hydrogen-bond acceptors (Lipinski definition) is 4. The molecule has 1 rings (SSSR count). The summed E-state index contributed by atoms with van der Waals surface area (Å²) in [6.07, 6.45) is 1.58. The Morgan fingerprint density at radius 1 is 1.13 bits per heavy atom. The zero-order valence-electron chi connectivity index (χ0n) is 19.9. The third-order valence-electron chi connectivity index (χ3n) is 4.95. The SMILES string of the molecule is CCNC(=NCC1CCN(C(=O)OC(C)(C)C)CC1)N(C)CC(=O)N(CC)CC.I. The molecule has 0 aromatic heterocycles. The molecule has 0 aromatic carbocycles. The van der Waals surface area contributed by atoms with Gasteiger partial charge in [0.1, 0.15) is 5.60 Å². The first kappa shape index (κ1) is 28.7. The third-order valence-corrected chi connectivity index (χ3v) is 4.95. The number of carbonyl (C=O) groups is 2. The van der Waals surface area contributed by atoms with Crippen LogP contribution in [0.3, 0.4) is 0 Å². The summed E-state index contributed by atoms with van der Waals surface area (Å²) in [4.78, 5) is 34.8. The van der Waals surface area contributed by atoms with Gasteiger partial charge < -0.3 is 24.8 Å². The van der Waals surface area contributed by atoms with Crippen LogP contribution in [0.1, 0.15) is 54.4 Å². The summed E-state index contributed by atoms with van der Waals surface area (Å²) in [5, 5.41) is 3.28. The molecule has 1 saturated heterocycles. The number of nitrogens with one attached hydrogen (secondary N) is 1. The number of likely N-dealkylation sites (tertiary alicyclic amines) is 1. The maximum Gasteiger partial charge on any atom is 0.410 e. The number of amides is 2. The summed E-state index contributed by atoms with van der Waals surface area (Å²) in [7, 11) is 1.90. The summed E-state index contributed by atoms with van der Waals surface area (Å²) >= 11 is 0. The minimum absolute atomic E-state index is 0. The lowest BCUT2D eigenvalue weighted by Gasteiger charge is -2.33. The van der Waals surface area contributed by atoms with Crippen molar-refractivity contribution in [1.29, 1.82) is 0 Å². The monoisotopic (exact) mass is 539 g/mol. The Morgan fingerprint density at radius 3 is 2.17 bits per heavy atom. The molecule has 1 aliphatic heterocycles. The first-order chi connectivity index (χ1) is 13.6. The van der Waals surface area contributed by atoms with Gasteiger partial charge in [-0.15, -0.1) is 24.0 Å². The standard InChI is InChI=1S/C21H41N5O3.HI/c1-8-22-19(24(7)16-18(27)25(9-2)10-3)23-15-17-11-13-26(14-12-17)20(28)29-21(4,5)6;/h17H,8-16H2,1-7H3,(H,22,23);1H. The van der Waals surface area contributed by atoms with Crippen molar-refractivity contribution in [2.75, 3.05) is 52.9 Å². The topological polar surface area (TPSA) is 77.5 Å². The van der Waals surface area contributed by atoms with E-state index in [1.165, 1.54) is 0 Å². The molecule has 8 nitrogen and oxygen atoms in total. The highest BCUT2D eigenvalue weighted by molar-refractivity contribution is 14.0. The van der Waals surface area contributed by atoms with Gasteiger partial charge in [0, 0.05) is 46.3 Å². The summed E-state index contributed by atoms with van der Waals surface area (Å²) in [5.41, 5.74) is -0.466. The first-order valence-corrected chi connectivity index (χ1v) is 10.9. The number of halogens is 1. The molecule has 0 atom stereocenters. The van der Waals surface area contributed by atoms with E-state index in [4.69, 9.17) is 9.73 Å². The highest BCUT2D eigenvalue weighted by Crippen LogP contribution is 2.20. The average Bonchev–Trinajstić information content (AvgIpc) is 2.65. The maximum absolute atomic E-state index is 12.4. The van der Waals surface area contributed by atoms with Crippen LogP contribution < -0.4 is 5.32 Å². The van der Waals surface area contributed by atoms with Crippen molar-refractivity contribution < 1.29 is 14.3 Å². The van der Waals surface area contributed by atoms with E-state index in [2.05, 4.69) is 5.32 Å². The summed E-state index contributed by atoms with van der Waals surface area (Å²) in [6, 6.07) is 0. The van der Waals surface area contributed by atoms with Crippen LogP contribution in [0, 0.1) is 5.92 Å². The maximum atomic E-state index is 12.4. The van der Waals surface area contributed by atoms with Crippen molar-refractivity contribution in [3.8, 4) is 0 Å². The fourth-order valence-electron chi connectivity index (χ4n) is 3.26. The predicted molar refractivity (Wildman–Crippen MR) is 132 cm³/mol. The zero-order valence-corrected chi connectivity index (χ0v) is 22.2. The highest BCUT2D eigenvalue weighted by atomic mass is 127. The van der Waals surface area contributed by atoms with E-state index in [-0.39, 0.29) is 36.0 Å². The number of nitrogens with zero attached hydrogens (tertiary/aromatic N) is 4. The van der Waals surface area contributed by atoms with Crippen molar-refractivity contribution in [2.24, 2.45) is 10.9 Å². The molecule has 176 valence electrons. The Morgan fingerprint density at radius 2 is 1.70 bits per heavy atom. The Balaban J connectivity index is 0.00000841. The zero-order chi connectivity index (χ0) is 22.0. The Labute approximate surface area is 199 Å². The summed E-state index contributed by atoms with van der Waals surface area (Å²) in [6.45, 7) is 16.2. The van der Waals surface area contributed by atoms with E-state index in [9.17, 15) is 9.59 Å². The van der Waals surface area contributed by atoms with E-state index in [1.54, 1.807) is 4.90 Å². The van der Waals surface area contributed by atoms with Gasteiger partial charge in [-0.1, -0.05) is 0 Å². The molecular weight excluding hydrogens is 497 g/mol. The second-order valence-corrected chi connectivity index (χ2v) is 8.53. The van der Waals surface area contributed by atoms with Crippen LogP contribution in [0.25, 0.3) is 0 Å². The van der Waals surface area contributed by atoms with Crippen LogP contribution in [-0.2, 0) is 9.53 Å². The van der Waals surface area contributed by atoms with Crippen molar-refractivity contribution in [2.45, 2.75) is 60.0 Å². The molecule has 2 amide bonds. The Bertz CT molecular complexity index is 553. The molecule has 0 aliphatic carbocycles. The fraction of sp³-hybridized carbons (Fsp3) is 0.857. The van der Waals surface area contributed by atoms with Gasteiger partial charge in [-0.3, -0.25) is 9.79 Å². The largest absolute Gasteiger partial charge is 0.444 e. The van der Waals surface area contributed by atoms with Crippen molar-refractivity contribution in [3.63, 3.8) is 0 Å². The molecule has 0 aromatic rings. The van der Waals surface area contributed by atoms with Gasteiger partial charge in [0.25, 0.3) is 0 Å². The molecule has 1 aliphatic rings. The molecule has 0 unspecified atom stereocenters.